The van der Waals surface area contributed by atoms with Gasteiger partial charge in [0.1, 0.15) is 0 Å². The molecule has 1 aromatic heterocycles. The number of nitrogens with two attached hydrogens (primary N) is 1. The van der Waals surface area contributed by atoms with Crippen LogP contribution in [0.4, 0.5) is 5.69 Å². The summed E-state index contributed by atoms with van der Waals surface area (Å²) < 4.78 is 1.88. The number of aryl methyl sites for hydroxylation is 1. The van der Waals surface area contributed by atoms with Gasteiger partial charge in [0.2, 0.25) is 0 Å². The first-order valence-corrected chi connectivity index (χ1v) is 7.53. The molecule has 21 heavy (non-hydrogen) atoms. The summed E-state index contributed by atoms with van der Waals surface area (Å²) in [5, 5.41) is 12.2. The second-order valence-corrected chi connectivity index (χ2v) is 6.37. The first-order chi connectivity index (χ1) is 9.91. The molecule has 0 aliphatic rings. The Balaban J connectivity index is 2.37. The van der Waals surface area contributed by atoms with Gasteiger partial charge in [-0.3, -0.25) is 0 Å². The molecule has 0 atom stereocenters. The SMILES string of the molecule is Cc1cccc(-c2nnnn2CC(C(C)C)C(C)C)c1N. The number of nitrogen functional groups attached to an aromatic ring is 1. The minimum absolute atomic E-state index is 0.526. The van der Waals surface area contributed by atoms with Gasteiger partial charge in [-0.1, -0.05) is 39.8 Å². The lowest BCUT2D eigenvalue weighted by Gasteiger charge is -2.24. The minimum atomic E-state index is 0.526. The molecule has 2 aromatic rings. The first-order valence-electron chi connectivity index (χ1n) is 7.53. The maximum atomic E-state index is 6.18. The van der Waals surface area contributed by atoms with Gasteiger partial charge in [-0.15, -0.1) is 5.10 Å². The summed E-state index contributed by atoms with van der Waals surface area (Å²) in [5.41, 5.74) is 8.89. The van der Waals surface area contributed by atoms with Gasteiger partial charge in [-0.25, -0.2) is 4.68 Å². The molecule has 1 heterocycles. The standard InChI is InChI=1S/C16H25N5/c1-10(2)14(11(3)4)9-21-16(18-19-20-21)13-8-6-7-12(5)15(13)17/h6-8,10-11,14H,9,17H2,1-5H3. The highest BCUT2D eigenvalue weighted by Crippen LogP contribution is 2.28. The Kier molecular flexibility index (Phi) is 4.60. The van der Waals surface area contributed by atoms with E-state index in [1.807, 2.05) is 29.8 Å². The van der Waals surface area contributed by atoms with Crippen molar-refractivity contribution in [2.75, 3.05) is 5.73 Å². The third-order valence-corrected chi connectivity index (χ3v) is 4.19. The van der Waals surface area contributed by atoms with Crippen molar-refractivity contribution in [2.45, 2.75) is 41.2 Å². The van der Waals surface area contributed by atoms with E-state index in [-0.39, 0.29) is 0 Å². The molecular weight excluding hydrogens is 262 g/mol. The first kappa shape index (κ1) is 15.5. The molecule has 0 bridgehead atoms. The van der Waals surface area contributed by atoms with Crippen LogP contribution in [0.5, 0.6) is 0 Å². The lowest BCUT2D eigenvalue weighted by atomic mass is 9.85. The fraction of sp³-hybridized carbons (Fsp3) is 0.562. The van der Waals surface area contributed by atoms with Gasteiger partial charge in [0, 0.05) is 17.8 Å². The summed E-state index contributed by atoms with van der Waals surface area (Å²) >= 11 is 0. The monoisotopic (exact) mass is 287 g/mol. The zero-order valence-corrected chi connectivity index (χ0v) is 13.5. The average Bonchev–Trinajstić information content (AvgIpc) is 2.86. The molecule has 0 aliphatic carbocycles. The van der Waals surface area contributed by atoms with E-state index in [1.54, 1.807) is 0 Å². The number of tetrazole rings is 1. The number of aromatic nitrogens is 4. The molecule has 1 aromatic carbocycles. The van der Waals surface area contributed by atoms with Crippen LogP contribution >= 0.6 is 0 Å². The normalized spacial score (nSPS) is 11.8. The molecule has 114 valence electrons. The predicted molar refractivity (Wildman–Crippen MR) is 85.6 cm³/mol. The van der Waals surface area contributed by atoms with Gasteiger partial charge in [0.15, 0.2) is 5.82 Å². The van der Waals surface area contributed by atoms with Crippen LogP contribution in [0.15, 0.2) is 18.2 Å². The predicted octanol–water partition coefficient (Wildman–Crippen LogP) is 3.16. The highest BCUT2D eigenvalue weighted by atomic mass is 15.5. The Bertz CT molecular complexity index is 592. The summed E-state index contributed by atoms with van der Waals surface area (Å²) in [5.74, 6) is 2.44. The summed E-state index contributed by atoms with van der Waals surface area (Å²) in [4.78, 5) is 0. The van der Waals surface area contributed by atoms with E-state index >= 15 is 0 Å². The molecular formula is C16H25N5. The van der Waals surface area contributed by atoms with E-state index in [1.165, 1.54) is 0 Å². The van der Waals surface area contributed by atoms with Crippen molar-refractivity contribution >= 4 is 5.69 Å². The van der Waals surface area contributed by atoms with Crippen LogP contribution in [0.3, 0.4) is 0 Å². The van der Waals surface area contributed by atoms with Crippen molar-refractivity contribution in [1.82, 2.24) is 20.2 Å². The third kappa shape index (κ3) is 3.23. The van der Waals surface area contributed by atoms with Crippen LogP contribution in [0.2, 0.25) is 0 Å². The number of hydrogen-bond acceptors (Lipinski definition) is 4. The highest BCUT2D eigenvalue weighted by Gasteiger charge is 2.21. The van der Waals surface area contributed by atoms with Crippen LogP contribution in [0.1, 0.15) is 33.3 Å². The average molecular weight is 287 g/mol. The van der Waals surface area contributed by atoms with Crippen molar-refractivity contribution in [1.29, 1.82) is 0 Å². The molecule has 0 saturated heterocycles. The Hall–Kier alpha value is -1.91. The quantitative estimate of drug-likeness (QED) is 0.858. The number of rotatable bonds is 5. The van der Waals surface area contributed by atoms with E-state index in [9.17, 15) is 0 Å². The number of nitrogens with zero attached hydrogens (tertiary/aromatic N) is 4. The highest BCUT2D eigenvalue weighted by molar-refractivity contribution is 5.73. The number of hydrogen-bond donors (Lipinski definition) is 1. The molecule has 0 saturated carbocycles. The van der Waals surface area contributed by atoms with Gasteiger partial charge >= 0.3 is 0 Å². The van der Waals surface area contributed by atoms with Crippen LogP contribution in [0, 0.1) is 24.7 Å². The number of anilines is 1. The van der Waals surface area contributed by atoms with E-state index in [0.29, 0.717) is 17.8 Å². The number of benzene rings is 1. The summed E-state index contributed by atoms with van der Waals surface area (Å²) in [6.45, 7) is 11.8. The Labute approximate surface area is 126 Å². The van der Waals surface area contributed by atoms with Crippen molar-refractivity contribution in [3.8, 4) is 11.4 Å². The molecule has 2 rings (SSSR count). The smallest absolute Gasteiger partial charge is 0.184 e. The topological polar surface area (TPSA) is 69.6 Å². The van der Waals surface area contributed by atoms with E-state index in [2.05, 4.69) is 43.2 Å². The second kappa shape index (κ2) is 6.24. The molecule has 0 aliphatic heterocycles. The van der Waals surface area contributed by atoms with Crippen molar-refractivity contribution < 1.29 is 0 Å². The van der Waals surface area contributed by atoms with E-state index in [0.717, 1.165) is 29.2 Å². The molecule has 0 unspecified atom stereocenters. The molecule has 2 N–H and O–H groups in total. The molecule has 0 radical (unpaired) electrons. The van der Waals surface area contributed by atoms with Gasteiger partial charge in [0.05, 0.1) is 0 Å². The fourth-order valence-corrected chi connectivity index (χ4v) is 2.79. The zero-order chi connectivity index (χ0) is 15.6. The lowest BCUT2D eigenvalue weighted by Crippen LogP contribution is -2.23. The molecule has 0 fully saturated rings. The second-order valence-electron chi connectivity index (χ2n) is 6.37. The van der Waals surface area contributed by atoms with Crippen LogP contribution < -0.4 is 5.73 Å². The van der Waals surface area contributed by atoms with Gasteiger partial charge in [0.25, 0.3) is 0 Å². The van der Waals surface area contributed by atoms with Crippen LogP contribution in [-0.4, -0.2) is 20.2 Å². The third-order valence-electron chi connectivity index (χ3n) is 4.19. The Morgan fingerprint density at radius 2 is 1.81 bits per heavy atom. The molecule has 5 heteroatoms. The maximum Gasteiger partial charge on any atom is 0.184 e. The lowest BCUT2D eigenvalue weighted by molar-refractivity contribution is 0.242. The Morgan fingerprint density at radius 1 is 1.14 bits per heavy atom. The molecule has 0 spiro atoms. The maximum absolute atomic E-state index is 6.18. The summed E-state index contributed by atoms with van der Waals surface area (Å²) in [7, 11) is 0. The van der Waals surface area contributed by atoms with E-state index in [4.69, 9.17) is 5.73 Å². The fourth-order valence-electron chi connectivity index (χ4n) is 2.79. The van der Waals surface area contributed by atoms with Gasteiger partial charge in [-0.2, -0.15) is 0 Å². The number of para-hydroxylation sites is 1. The largest absolute Gasteiger partial charge is 0.398 e. The van der Waals surface area contributed by atoms with Crippen LogP contribution in [-0.2, 0) is 6.54 Å². The summed E-state index contributed by atoms with van der Waals surface area (Å²) in [6.07, 6.45) is 0. The van der Waals surface area contributed by atoms with Crippen molar-refractivity contribution in [3.05, 3.63) is 23.8 Å². The Morgan fingerprint density at radius 3 is 2.43 bits per heavy atom. The van der Waals surface area contributed by atoms with Crippen molar-refractivity contribution in [3.63, 3.8) is 0 Å². The minimum Gasteiger partial charge on any atom is -0.398 e. The van der Waals surface area contributed by atoms with E-state index < -0.39 is 0 Å². The van der Waals surface area contributed by atoms with Gasteiger partial charge < -0.3 is 5.73 Å². The van der Waals surface area contributed by atoms with Crippen molar-refractivity contribution in [2.24, 2.45) is 17.8 Å². The summed E-state index contributed by atoms with van der Waals surface area (Å²) in [6, 6.07) is 5.96. The molecule has 0 amide bonds. The molecule has 5 nitrogen and oxygen atoms in total. The van der Waals surface area contributed by atoms with Gasteiger partial charge in [-0.05, 0) is 46.7 Å². The zero-order valence-electron chi connectivity index (χ0n) is 13.5. The van der Waals surface area contributed by atoms with Crippen LogP contribution in [0.25, 0.3) is 11.4 Å².